The van der Waals surface area contributed by atoms with Crippen LogP contribution >= 0.6 is 0 Å². The second kappa shape index (κ2) is 5.90. The van der Waals surface area contributed by atoms with Crippen LogP contribution in [0.15, 0.2) is 18.2 Å². The second-order valence-corrected chi connectivity index (χ2v) is 4.42. The Hall–Kier alpha value is -1.79. The van der Waals surface area contributed by atoms with Crippen molar-refractivity contribution in [3.63, 3.8) is 0 Å². The van der Waals surface area contributed by atoms with Gasteiger partial charge >= 0.3 is 5.97 Å². The number of hydrogen-bond acceptors (Lipinski definition) is 5. The summed E-state index contributed by atoms with van der Waals surface area (Å²) in [5, 5.41) is 11.9. The molecule has 0 fully saturated rings. The number of nitrogens with two attached hydrogens (primary N) is 1. The van der Waals surface area contributed by atoms with Gasteiger partial charge in [0.2, 0.25) is 0 Å². The standard InChI is InChI=1S/C13H18N2O4/c1-15-10(7-9(14)13(16)17)8-2-3-11-12(6-8)19-5-4-18-11/h2-3,6,9-10,15H,4-5,7,14H2,1H3,(H,16,17). The van der Waals surface area contributed by atoms with Gasteiger partial charge in [0.25, 0.3) is 0 Å². The van der Waals surface area contributed by atoms with Crippen molar-refractivity contribution in [2.24, 2.45) is 5.73 Å². The van der Waals surface area contributed by atoms with E-state index in [4.69, 9.17) is 20.3 Å². The molecule has 0 aromatic heterocycles. The van der Waals surface area contributed by atoms with Crippen molar-refractivity contribution in [1.29, 1.82) is 0 Å². The minimum atomic E-state index is -1.00. The van der Waals surface area contributed by atoms with E-state index in [1.807, 2.05) is 18.2 Å². The first-order valence-corrected chi connectivity index (χ1v) is 6.17. The highest BCUT2D eigenvalue weighted by Gasteiger charge is 2.21. The van der Waals surface area contributed by atoms with Gasteiger partial charge in [-0.1, -0.05) is 6.07 Å². The van der Waals surface area contributed by atoms with Gasteiger partial charge in [-0.2, -0.15) is 0 Å². The summed E-state index contributed by atoms with van der Waals surface area (Å²) in [6.07, 6.45) is 0.311. The number of nitrogens with one attached hydrogen (secondary N) is 1. The lowest BCUT2D eigenvalue weighted by Crippen LogP contribution is -2.34. The summed E-state index contributed by atoms with van der Waals surface area (Å²) in [4.78, 5) is 10.8. The Balaban J connectivity index is 2.16. The van der Waals surface area contributed by atoms with Crippen LogP contribution in [0.5, 0.6) is 11.5 Å². The topological polar surface area (TPSA) is 93.8 Å². The maximum Gasteiger partial charge on any atom is 0.320 e. The smallest absolute Gasteiger partial charge is 0.320 e. The highest BCUT2D eigenvalue weighted by Crippen LogP contribution is 2.33. The van der Waals surface area contributed by atoms with Crippen molar-refractivity contribution in [2.45, 2.75) is 18.5 Å². The molecule has 0 saturated carbocycles. The van der Waals surface area contributed by atoms with E-state index >= 15 is 0 Å². The fraction of sp³-hybridized carbons (Fsp3) is 0.462. The molecule has 2 unspecified atom stereocenters. The number of ether oxygens (including phenoxy) is 2. The Morgan fingerprint density at radius 1 is 1.42 bits per heavy atom. The Morgan fingerprint density at radius 3 is 2.74 bits per heavy atom. The minimum absolute atomic E-state index is 0.137. The molecule has 19 heavy (non-hydrogen) atoms. The van der Waals surface area contributed by atoms with E-state index in [9.17, 15) is 4.79 Å². The molecule has 104 valence electrons. The summed E-state index contributed by atoms with van der Waals surface area (Å²) in [5.41, 5.74) is 6.51. The number of fused-ring (bicyclic) bond motifs is 1. The molecule has 1 aliphatic rings. The van der Waals surface area contributed by atoms with E-state index in [0.717, 1.165) is 5.56 Å². The van der Waals surface area contributed by atoms with Crippen molar-refractivity contribution in [3.05, 3.63) is 23.8 Å². The summed E-state index contributed by atoms with van der Waals surface area (Å²) in [6.45, 7) is 1.07. The van der Waals surface area contributed by atoms with Crippen molar-refractivity contribution >= 4 is 5.97 Å². The van der Waals surface area contributed by atoms with Crippen LogP contribution in [-0.2, 0) is 4.79 Å². The Kier molecular flexibility index (Phi) is 4.24. The van der Waals surface area contributed by atoms with Crippen LogP contribution in [0.25, 0.3) is 0 Å². The molecular formula is C13H18N2O4. The third-order valence-corrected chi connectivity index (χ3v) is 3.12. The first-order valence-electron chi connectivity index (χ1n) is 6.17. The fourth-order valence-electron chi connectivity index (χ4n) is 2.05. The summed E-state index contributed by atoms with van der Waals surface area (Å²) < 4.78 is 11.0. The lowest BCUT2D eigenvalue weighted by molar-refractivity contribution is -0.138. The molecule has 4 N–H and O–H groups in total. The number of hydrogen-bond donors (Lipinski definition) is 3. The van der Waals surface area contributed by atoms with E-state index < -0.39 is 12.0 Å². The molecule has 0 radical (unpaired) electrons. The Labute approximate surface area is 111 Å². The molecule has 0 spiro atoms. The zero-order valence-corrected chi connectivity index (χ0v) is 10.8. The van der Waals surface area contributed by atoms with E-state index in [-0.39, 0.29) is 6.04 Å². The van der Waals surface area contributed by atoms with Crippen LogP contribution in [0, 0.1) is 0 Å². The number of carboxylic acids is 1. The van der Waals surface area contributed by atoms with Gasteiger partial charge in [-0.15, -0.1) is 0 Å². The molecule has 0 bridgehead atoms. The summed E-state index contributed by atoms with van der Waals surface area (Å²) >= 11 is 0. The van der Waals surface area contributed by atoms with E-state index in [1.54, 1.807) is 7.05 Å². The Morgan fingerprint density at radius 2 is 2.11 bits per heavy atom. The van der Waals surface area contributed by atoms with Crippen molar-refractivity contribution < 1.29 is 19.4 Å². The highest BCUT2D eigenvalue weighted by atomic mass is 16.6. The van der Waals surface area contributed by atoms with Crippen molar-refractivity contribution in [2.75, 3.05) is 20.3 Å². The predicted molar refractivity (Wildman–Crippen MR) is 69.5 cm³/mol. The van der Waals surface area contributed by atoms with E-state index in [1.165, 1.54) is 0 Å². The molecule has 0 amide bonds. The number of rotatable bonds is 5. The molecule has 0 aliphatic carbocycles. The predicted octanol–water partition coefficient (Wildman–Crippen LogP) is 0.520. The molecule has 1 aromatic rings. The zero-order valence-electron chi connectivity index (χ0n) is 10.8. The minimum Gasteiger partial charge on any atom is -0.486 e. The molecule has 1 heterocycles. The third kappa shape index (κ3) is 3.15. The van der Waals surface area contributed by atoms with Crippen LogP contribution < -0.4 is 20.5 Å². The molecule has 0 saturated heterocycles. The lowest BCUT2D eigenvalue weighted by Gasteiger charge is -2.23. The number of benzene rings is 1. The van der Waals surface area contributed by atoms with E-state index in [2.05, 4.69) is 5.32 Å². The van der Waals surface area contributed by atoms with Crippen LogP contribution in [0.1, 0.15) is 18.0 Å². The lowest BCUT2D eigenvalue weighted by atomic mass is 9.99. The first kappa shape index (κ1) is 13.6. The third-order valence-electron chi connectivity index (χ3n) is 3.12. The molecule has 1 aliphatic heterocycles. The summed E-state index contributed by atoms with van der Waals surface area (Å²) in [6, 6.07) is 4.56. The average molecular weight is 266 g/mol. The normalized spacial score (nSPS) is 16.7. The second-order valence-electron chi connectivity index (χ2n) is 4.42. The fourth-order valence-corrected chi connectivity index (χ4v) is 2.05. The van der Waals surface area contributed by atoms with Crippen LogP contribution in [0.4, 0.5) is 0 Å². The first-order chi connectivity index (χ1) is 9.11. The van der Waals surface area contributed by atoms with Crippen LogP contribution in [0.2, 0.25) is 0 Å². The average Bonchev–Trinajstić information content (AvgIpc) is 2.43. The Bertz CT molecular complexity index is 464. The maximum absolute atomic E-state index is 10.8. The monoisotopic (exact) mass is 266 g/mol. The molecule has 6 nitrogen and oxygen atoms in total. The number of carboxylic acid groups (broad SMARTS) is 1. The van der Waals surface area contributed by atoms with Gasteiger partial charge < -0.3 is 25.6 Å². The maximum atomic E-state index is 10.8. The molecule has 6 heteroatoms. The molecule has 1 aromatic carbocycles. The van der Waals surface area contributed by atoms with Gasteiger partial charge in [0, 0.05) is 6.04 Å². The van der Waals surface area contributed by atoms with Crippen LogP contribution in [0.3, 0.4) is 0 Å². The van der Waals surface area contributed by atoms with E-state index in [0.29, 0.717) is 31.1 Å². The largest absolute Gasteiger partial charge is 0.486 e. The summed E-state index contributed by atoms with van der Waals surface area (Å²) in [5.74, 6) is 0.401. The van der Waals surface area contributed by atoms with Gasteiger partial charge in [0.15, 0.2) is 11.5 Å². The quantitative estimate of drug-likeness (QED) is 0.719. The molecular weight excluding hydrogens is 248 g/mol. The van der Waals surface area contributed by atoms with Gasteiger partial charge in [-0.3, -0.25) is 4.79 Å². The molecule has 2 rings (SSSR count). The highest BCUT2D eigenvalue weighted by molar-refractivity contribution is 5.73. The van der Waals surface area contributed by atoms with Gasteiger partial charge in [-0.25, -0.2) is 0 Å². The molecule has 2 atom stereocenters. The van der Waals surface area contributed by atoms with Crippen molar-refractivity contribution in [1.82, 2.24) is 5.32 Å². The van der Waals surface area contributed by atoms with Crippen LogP contribution in [-0.4, -0.2) is 37.4 Å². The SMILES string of the molecule is CNC(CC(N)C(=O)O)c1ccc2c(c1)OCCO2. The number of aliphatic carboxylic acids is 1. The zero-order chi connectivity index (χ0) is 13.8. The number of carbonyl (C=O) groups is 1. The van der Waals surface area contributed by atoms with Gasteiger partial charge in [0.05, 0.1) is 0 Å². The van der Waals surface area contributed by atoms with Crippen molar-refractivity contribution in [3.8, 4) is 11.5 Å². The van der Waals surface area contributed by atoms with Gasteiger partial charge in [0.1, 0.15) is 19.3 Å². The summed E-state index contributed by atoms with van der Waals surface area (Å²) in [7, 11) is 1.77. The van der Waals surface area contributed by atoms with Gasteiger partial charge in [-0.05, 0) is 31.2 Å².